The van der Waals surface area contributed by atoms with Crippen LogP contribution >= 0.6 is 11.6 Å². The molecule has 0 bridgehead atoms. The second-order valence-electron chi connectivity index (χ2n) is 6.77. The molecule has 0 saturated carbocycles. The van der Waals surface area contributed by atoms with Crippen LogP contribution in [0, 0.1) is 6.92 Å². The quantitative estimate of drug-likeness (QED) is 0.447. The third-order valence-corrected chi connectivity index (χ3v) is 4.94. The highest BCUT2D eigenvalue weighted by Crippen LogP contribution is 2.28. The number of aromatic nitrogens is 2. The number of halogens is 1. The van der Waals surface area contributed by atoms with E-state index in [4.69, 9.17) is 17.3 Å². The number of rotatable bonds is 7. The van der Waals surface area contributed by atoms with Gasteiger partial charge in [-0.05, 0) is 49.6 Å². The molecule has 0 radical (unpaired) electrons. The van der Waals surface area contributed by atoms with Gasteiger partial charge in [-0.3, -0.25) is 0 Å². The van der Waals surface area contributed by atoms with Crippen LogP contribution in [0.2, 0.25) is 5.02 Å². The highest BCUT2D eigenvalue weighted by molar-refractivity contribution is 6.31. The summed E-state index contributed by atoms with van der Waals surface area (Å²) >= 11 is 6.24. The molecule has 0 saturated heterocycles. The first-order valence-electron chi connectivity index (χ1n) is 9.74. The van der Waals surface area contributed by atoms with Crippen LogP contribution in [0.1, 0.15) is 18.1 Å². The number of carbonyl (C=O) groups excluding carboxylic acids is 1. The number of benzene rings is 2. The van der Waals surface area contributed by atoms with Crippen LogP contribution in [0.5, 0.6) is 0 Å². The lowest BCUT2D eigenvalue weighted by molar-refractivity contribution is 0.252. The van der Waals surface area contributed by atoms with Crippen molar-refractivity contribution in [3.8, 4) is 11.3 Å². The fourth-order valence-corrected chi connectivity index (χ4v) is 3.23. The molecule has 3 rings (SSSR count). The van der Waals surface area contributed by atoms with E-state index in [1.54, 1.807) is 0 Å². The third-order valence-electron chi connectivity index (χ3n) is 4.53. The minimum absolute atomic E-state index is 0.197. The van der Waals surface area contributed by atoms with Crippen LogP contribution in [-0.4, -0.2) is 29.1 Å². The highest BCUT2D eigenvalue weighted by Gasteiger charge is 2.09. The molecule has 5 N–H and O–H groups in total. The number of nitrogens with one attached hydrogen (secondary N) is 3. The topological polar surface area (TPSA) is 105 Å². The van der Waals surface area contributed by atoms with E-state index in [2.05, 4.69) is 25.9 Å². The molecule has 156 valence electrons. The Bertz CT molecular complexity index is 1040. The summed E-state index contributed by atoms with van der Waals surface area (Å²) in [5, 5.41) is 9.50. The van der Waals surface area contributed by atoms with E-state index in [9.17, 15) is 4.79 Å². The van der Waals surface area contributed by atoms with Crippen molar-refractivity contribution in [2.75, 3.05) is 29.5 Å². The zero-order valence-electron chi connectivity index (χ0n) is 17.0. The van der Waals surface area contributed by atoms with Crippen molar-refractivity contribution >= 4 is 35.1 Å². The normalized spacial score (nSPS) is 10.5. The van der Waals surface area contributed by atoms with E-state index < -0.39 is 0 Å². The van der Waals surface area contributed by atoms with Gasteiger partial charge in [0.15, 0.2) is 0 Å². The van der Waals surface area contributed by atoms with Gasteiger partial charge in [-0.1, -0.05) is 35.9 Å². The van der Waals surface area contributed by atoms with Gasteiger partial charge in [0, 0.05) is 35.4 Å². The first-order valence-corrected chi connectivity index (χ1v) is 10.1. The van der Waals surface area contributed by atoms with E-state index in [-0.39, 0.29) is 12.0 Å². The first-order chi connectivity index (χ1) is 14.5. The maximum Gasteiger partial charge on any atom is 0.319 e. The smallest absolute Gasteiger partial charge is 0.319 e. The van der Waals surface area contributed by atoms with Gasteiger partial charge in [-0.25, -0.2) is 9.78 Å². The molecular formula is C22H25ClN6O. The van der Waals surface area contributed by atoms with E-state index in [0.29, 0.717) is 23.9 Å². The fourth-order valence-electron chi connectivity index (χ4n) is 3.05. The highest BCUT2D eigenvalue weighted by atomic mass is 35.5. The van der Waals surface area contributed by atoms with Crippen molar-refractivity contribution in [3.05, 3.63) is 64.7 Å². The van der Waals surface area contributed by atoms with Gasteiger partial charge in [0.05, 0.1) is 5.69 Å². The summed E-state index contributed by atoms with van der Waals surface area (Å²) in [6, 6.07) is 15.1. The second kappa shape index (κ2) is 9.93. The van der Waals surface area contributed by atoms with E-state index in [1.807, 2.05) is 62.4 Å². The zero-order chi connectivity index (χ0) is 21.5. The van der Waals surface area contributed by atoms with Gasteiger partial charge in [0.1, 0.15) is 5.82 Å². The van der Waals surface area contributed by atoms with Crippen molar-refractivity contribution in [3.63, 3.8) is 0 Å². The van der Waals surface area contributed by atoms with Crippen LogP contribution in [0.4, 0.5) is 22.2 Å². The summed E-state index contributed by atoms with van der Waals surface area (Å²) in [7, 11) is 0. The number of hydrogen-bond donors (Lipinski definition) is 4. The molecule has 30 heavy (non-hydrogen) atoms. The Hall–Kier alpha value is -3.32. The Labute approximate surface area is 181 Å². The number of anilines is 3. The number of nitrogens with zero attached hydrogens (tertiary/aromatic N) is 2. The van der Waals surface area contributed by atoms with Crippen molar-refractivity contribution in [2.24, 2.45) is 0 Å². The Morgan fingerprint density at radius 2 is 1.93 bits per heavy atom. The molecule has 0 unspecified atom stereocenters. The predicted octanol–water partition coefficient (Wildman–Crippen LogP) is 4.48. The molecule has 8 heteroatoms. The number of urea groups is 1. The van der Waals surface area contributed by atoms with Gasteiger partial charge in [-0.15, -0.1) is 0 Å². The molecule has 3 aromatic rings. The molecule has 2 aromatic carbocycles. The summed E-state index contributed by atoms with van der Waals surface area (Å²) in [5.74, 6) is 0.844. The summed E-state index contributed by atoms with van der Waals surface area (Å²) in [4.78, 5) is 20.3. The summed E-state index contributed by atoms with van der Waals surface area (Å²) in [6.07, 6.45) is 0.750. The van der Waals surface area contributed by atoms with E-state index >= 15 is 0 Å². The van der Waals surface area contributed by atoms with Crippen LogP contribution in [-0.2, 0) is 6.42 Å². The number of nitrogen functional groups attached to an aromatic ring is 1. The Morgan fingerprint density at radius 1 is 1.13 bits per heavy atom. The lowest BCUT2D eigenvalue weighted by Gasteiger charge is -2.11. The lowest BCUT2D eigenvalue weighted by Crippen LogP contribution is -2.28. The predicted molar refractivity (Wildman–Crippen MR) is 123 cm³/mol. The molecule has 0 atom stereocenters. The van der Waals surface area contributed by atoms with Gasteiger partial charge >= 0.3 is 6.03 Å². The molecule has 1 heterocycles. The minimum atomic E-state index is -0.215. The average molecular weight is 425 g/mol. The van der Waals surface area contributed by atoms with Crippen molar-refractivity contribution in [1.29, 1.82) is 0 Å². The Morgan fingerprint density at radius 3 is 2.73 bits per heavy atom. The monoisotopic (exact) mass is 424 g/mol. The molecule has 0 spiro atoms. The largest absolute Gasteiger partial charge is 0.370 e. The van der Waals surface area contributed by atoms with Crippen LogP contribution in [0.25, 0.3) is 11.3 Å². The molecule has 0 aliphatic carbocycles. The molecule has 0 aliphatic rings. The van der Waals surface area contributed by atoms with E-state index in [1.165, 1.54) is 0 Å². The molecular weight excluding hydrogens is 400 g/mol. The van der Waals surface area contributed by atoms with Crippen molar-refractivity contribution in [2.45, 2.75) is 20.3 Å². The Balaban J connectivity index is 1.66. The van der Waals surface area contributed by atoms with Gasteiger partial charge in [0.25, 0.3) is 0 Å². The number of hydrogen-bond acceptors (Lipinski definition) is 5. The van der Waals surface area contributed by atoms with Crippen LogP contribution in [0.15, 0.2) is 48.5 Å². The summed E-state index contributed by atoms with van der Waals surface area (Å²) in [6.45, 7) is 5.05. The van der Waals surface area contributed by atoms with Crippen LogP contribution in [0.3, 0.4) is 0 Å². The van der Waals surface area contributed by atoms with Crippen molar-refractivity contribution in [1.82, 2.24) is 15.3 Å². The number of amides is 2. The number of carbonyl (C=O) groups is 1. The van der Waals surface area contributed by atoms with Gasteiger partial charge in [-0.2, -0.15) is 4.98 Å². The molecule has 1 aromatic heterocycles. The maximum absolute atomic E-state index is 11.7. The van der Waals surface area contributed by atoms with Crippen LogP contribution < -0.4 is 21.7 Å². The van der Waals surface area contributed by atoms with Gasteiger partial charge in [0.2, 0.25) is 5.95 Å². The SMILES string of the molecule is CCNC(=O)Nc1cccc(CCNc2cc(-c3cccc(Cl)c3C)nc(N)n2)c1. The van der Waals surface area contributed by atoms with Gasteiger partial charge < -0.3 is 21.7 Å². The molecule has 2 amide bonds. The third kappa shape index (κ3) is 5.61. The average Bonchev–Trinajstić information content (AvgIpc) is 2.70. The summed E-state index contributed by atoms with van der Waals surface area (Å²) in [5.41, 5.74) is 10.3. The standard InChI is InChI=1S/C22H25ClN6O/c1-3-25-22(30)27-16-7-4-6-15(12-16)10-11-26-20-13-19(28-21(24)29-20)17-8-5-9-18(23)14(17)2/h4-9,12-13H,3,10-11H2,1-2H3,(H2,25,27,30)(H3,24,26,28,29). The zero-order valence-corrected chi connectivity index (χ0v) is 17.8. The molecule has 7 nitrogen and oxygen atoms in total. The van der Waals surface area contributed by atoms with Crippen molar-refractivity contribution < 1.29 is 4.79 Å². The first kappa shape index (κ1) is 21.4. The maximum atomic E-state index is 11.7. The number of nitrogens with two attached hydrogens (primary N) is 1. The molecule has 0 aliphatic heterocycles. The second-order valence-corrected chi connectivity index (χ2v) is 7.18. The summed E-state index contributed by atoms with van der Waals surface area (Å²) < 4.78 is 0. The molecule has 0 fully saturated rings. The lowest BCUT2D eigenvalue weighted by atomic mass is 10.1. The Kier molecular flexibility index (Phi) is 7.08. The fraction of sp³-hybridized carbons (Fsp3) is 0.227. The minimum Gasteiger partial charge on any atom is -0.370 e. The van der Waals surface area contributed by atoms with E-state index in [0.717, 1.165) is 34.5 Å².